The van der Waals surface area contributed by atoms with Crippen LogP contribution in [0.5, 0.6) is 0 Å². The zero-order valence-corrected chi connectivity index (χ0v) is 12.7. The van der Waals surface area contributed by atoms with Gasteiger partial charge in [-0.15, -0.1) is 0 Å². The van der Waals surface area contributed by atoms with E-state index in [2.05, 4.69) is 10.6 Å². The molecule has 1 aromatic rings. The molecule has 0 bridgehead atoms. The molecule has 0 aliphatic heterocycles. The normalized spacial score (nSPS) is 15.7. The minimum absolute atomic E-state index is 0.0925. The molecule has 0 spiro atoms. The lowest BCUT2D eigenvalue weighted by atomic mass is 9.69. The molecule has 0 aromatic heterocycles. The summed E-state index contributed by atoms with van der Waals surface area (Å²) in [6.07, 6.45) is 3.35. The number of urea groups is 1. The number of methoxy groups -OCH3 is 1. The van der Waals surface area contributed by atoms with Crippen molar-refractivity contribution < 1.29 is 19.4 Å². The Labute approximate surface area is 129 Å². The molecule has 2 rings (SSSR count). The van der Waals surface area contributed by atoms with Crippen molar-refractivity contribution in [1.82, 2.24) is 10.6 Å². The van der Waals surface area contributed by atoms with E-state index in [0.717, 1.165) is 18.4 Å². The molecule has 3 N–H and O–H groups in total. The highest BCUT2D eigenvalue weighted by molar-refractivity contribution is 5.87. The second-order valence-corrected chi connectivity index (χ2v) is 5.82. The van der Waals surface area contributed by atoms with Crippen LogP contribution in [-0.2, 0) is 11.3 Å². The van der Waals surface area contributed by atoms with Crippen LogP contribution in [0, 0.1) is 5.41 Å². The average molecular weight is 306 g/mol. The highest BCUT2D eigenvalue weighted by Gasteiger charge is 2.37. The Hall–Kier alpha value is -2.08. The average Bonchev–Trinajstić information content (AvgIpc) is 2.48. The number of hydrogen-bond acceptors (Lipinski definition) is 3. The van der Waals surface area contributed by atoms with E-state index in [9.17, 15) is 9.59 Å². The fraction of sp³-hybridized carbons (Fsp3) is 0.500. The molecule has 2 amide bonds. The summed E-state index contributed by atoms with van der Waals surface area (Å²) in [5, 5.41) is 14.5. The predicted octanol–water partition coefficient (Wildman–Crippen LogP) is 2.00. The molecule has 1 fully saturated rings. The lowest BCUT2D eigenvalue weighted by Crippen LogP contribution is -2.47. The van der Waals surface area contributed by atoms with E-state index >= 15 is 0 Å². The van der Waals surface area contributed by atoms with Crippen LogP contribution in [0.2, 0.25) is 0 Å². The monoisotopic (exact) mass is 306 g/mol. The highest BCUT2D eigenvalue weighted by Crippen LogP contribution is 2.40. The van der Waals surface area contributed by atoms with Crippen molar-refractivity contribution in [2.75, 3.05) is 20.3 Å². The van der Waals surface area contributed by atoms with Crippen LogP contribution in [0.15, 0.2) is 24.3 Å². The molecule has 0 heterocycles. The Bertz CT molecular complexity index is 523. The summed E-state index contributed by atoms with van der Waals surface area (Å²) < 4.78 is 5.22. The third kappa shape index (κ3) is 4.21. The third-order valence-corrected chi connectivity index (χ3v) is 4.14. The van der Waals surface area contributed by atoms with Crippen LogP contribution in [0.3, 0.4) is 0 Å². The maximum absolute atomic E-state index is 11.8. The number of carbonyl (C=O) groups is 2. The number of amides is 2. The maximum atomic E-state index is 11.8. The Kier molecular flexibility index (Phi) is 5.38. The van der Waals surface area contributed by atoms with Crippen LogP contribution in [0.25, 0.3) is 0 Å². The van der Waals surface area contributed by atoms with E-state index in [1.54, 1.807) is 19.2 Å². The van der Waals surface area contributed by atoms with Gasteiger partial charge in [0.1, 0.15) is 0 Å². The summed E-state index contributed by atoms with van der Waals surface area (Å²) in [7, 11) is 1.68. The van der Waals surface area contributed by atoms with Gasteiger partial charge in [0, 0.05) is 25.6 Å². The Morgan fingerprint density at radius 1 is 1.23 bits per heavy atom. The van der Waals surface area contributed by atoms with Gasteiger partial charge in [0.15, 0.2) is 0 Å². The first kappa shape index (κ1) is 16.3. The summed E-state index contributed by atoms with van der Waals surface area (Å²) in [6.45, 7) is 1.65. The molecule has 0 saturated heterocycles. The highest BCUT2D eigenvalue weighted by atomic mass is 16.5. The SMILES string of the molecule is COCC1(CNC(=O)NCc2ccc(C(=O)O)cc2)CCC1. The van der Waals surface area contributed by atoms with E-state index in [1.807, 2.05) is 0 Å². The predicted molar refractivity (Wildman–Crippen MR) is 81.8 cm³/mol. The molecule has 0 radical (unpaired) electrons. The zero-order valence-electron chi connectivity index (χ0n) is 12.7. The first-order valence-electron chi connectivity index (χ1n) is 7.38. The first-order chi connectivity index (χ1) is 10.5. The van der Waals surface area contributed by atoms with Crippen LogP contribution < -0.4 is 10.6 Å². The van der Waals surface area contributed by atoms with Crippen molar-refractivity contribution in [3.05, 3.63) is 35.4 Å². The van der Waals surface area contributed by atoms with Crippen molar-refractivity contribution >= 4 is 12.0 Å². The van der Waals surface area contributed by atoms with Gasteiger partial charge < -0.3 is 20.5 Å². The number of carbonyl (C=O) groups excluding carboxylic acids is 1. The molecule has 6 heteroatoms. The second-order valence-electron chi connectivity index (χ2n) is 5.82. The molecule has 22 heavy (non-hydrogen) atoms. The Balaban J connectivity index is 1.74. The summed E-state index contributed by atoms with van der Waals surface area (Å²) in [6, 6.07) is 6.23. The molecule has 1 aliphatic carbocycles. The van der Waals surface area contributed by atoms with E-state index in [-0.39, 0.29) is 17.0 Å². The smallest absolute Gasteiger partial charge is 0.335 e. The van der Waals surface area contributed by atoms with Gasteiger partial charge in [-0.3, -0.25) is 0 Å². The molecular weight excluding hydrogens is 284 g/mol. The number of hydrogen-bond donors (Lipinski definition) is 3. The van der Waals surface area contributed by atoms with Crippen LogP contribution in [0.1, 0.15) is 35.2 Å². The molecule has 6 nitrogen and oxygen atoms in total. The van der Waals surface area contributed by atoms with Crippen molar-refractivity contribution in [3.63, 3.8) is 0 Å². The second kappa shape index (κ2) is 7.26. The molecule has 120 valence electrons. The minimum Gasteiger partial charge on any atom is -0.478 e. The van der Waals surface area contributed by atoms with Gasteiger partial charge in [-0.05, 0) is 30.5 Å². The van der Waals surface area contributed by atoms with Gasteiger partial charge in [0.05, 0.1) is 12.2 Å². The van der Waals surface area contributed by atoms with Gasteiger partial charge >= 0.3 is 12.0 Å². The molecule has 1 saturated carbocycles. The van der Waals surface area contributed by atoms with Gasteiger partial charge in [-0.25, -0.2) is 9.59 Å². The Morgan fingerprint density at radius 3 is 2.41 bits per heavy atom. The van der Waals surface area contributed by atoms with Crippen LogP contribution >= 0.6 is 0 Å². The van der Waals surface area contributed by atoms with Crippen molar-refractivity contribution in [2.45, 2.75) is 25.8 Å². The van der Waals surface area contributed by atoms with Gasteiger partial charge in [0.25, 0.3) is 0 Å². The number of nitrogens with one attached hydrogen (secondary N) is 2. The van der Waals surface area contributed by atoms with Crippen LogP contribution in [-0.4, -0.2) is 37.4 Å². The quantitative estimate of drug-likeness (QED) is 0.719. The fourth-order valence-corrected chi connectivity index (χ4v) is 2.63. The summed E-state index contributed by atoms with van der Waals surface area (Å²) in [5.74, 6) is -0.957. The van der Waals surface area contributed by atoms with Gasteiger partial charge in [0.2, 0.25) is 0 Å². The van der Waals surface area contributed by atoms with Crippen molar-refractivity contribution in [2.24, 2.45) is 5.41 Å². The Morgan fingerprint density at radius 2 is 1.91 bits per heavy atom. The van der Waals surface area contributed by atoms with Crippen LogP contribution in [0.4, 0.5) is 4.79 Å². The largest absolute Gasteiger partial charge is 0.478 e. The molecule has 1 aliphatic rings. The lowest BCUT2D eigenvalue weighted by molar-refractivity contribution is 0.0200. The lowest BCUT2D eigenvalue weighted by Gasteiger charge is -2.41. The van der Waals surface area contributed by atoms with Gasteiger partial charge in [-0.1, -0.05) is 18.6 Å². The topological polar surface area (TPSA) is 87.7 Å². The number of rotatable bonds is 7. The van der Waals surface area contributed by atoms with E-state index < -0.39 is 5.97 Å². The van der Waals surface area contributed by atoms with E-state index in [4.69, 9.17) is 9.84 Å². The van der Waals surface area contributed by atoms with E-state index in [1.165, 1.54) is 18.6 Å². The molecular formula is C16H22N2O4. The minimum atomic E-state index is -0.957. The van der Waals surface area contributed by atoms with Crippen molar-refractivity contribution in [3.8, 4) is 0 Å². The number of carboxylic acids is 1. The summed E-state index contributed by atoms with van der Waals surface area (Å²) in [5.41, 5.74) is 1.19. The third-order valence-electron chi connectivity index (χ3n) is 4.14. The van der Waals surface area contributed by atoms with Gasteiger partial charge in [-0.2, -0.15) is 0 Å². The molecule has 1 aromatic carbocycles. The standard InChI is InChI=1S/C16H22N2O4/c1-22-11-16(7-2-8-16)10-18-15(21)17-9-12-3-5-13(6-4-12)14(19)20/h3-6H,2,7-11H2,1H3,(H,19,20)(H2,17,18,21). The first-order valence-corrected chi connectivity index (χ1v) is 7.38. The van der Waals surface area contributed by atoms with E-state index in [0.29, 0.717) is 19.7 Å². The maximum Gasteiger partial charge on any atom is 0.335 e. The molecule has 0 unspecified atom stereocenters. The molecule has 0 atom stereocenters. The summed E-state index contributed by atoms with van der Waals surface area (Å²) >= 11 is 0. The number of benzene rings is 1. The zero-order chi connectivity index (χ0) is 16.0. The summed E-state index contributed by atoms with van der Waals surface area (Å²) in [4.78, 5) is 22.6. The number of aromatic carboxylic acids is 1. The fourth-order valence-electron chi connectivity index (χ4n) is 2.63. The number of carboxylic acid groups (broad SMARTS) is 1. The number of ether oxygens (including phenoxy) is 1. The van der Waals surface area contributed by atoms with Crippen molar-refractivity contribution in [1.29, 1.82) is 0 Å².